The van der Waals surface area contributed by atoms with Gasteiger partial charge in [-0.05, 0) is 36.7 Å². The normalized spacial score (nSPS) is 23.4. The number of hydrogen-bond donors (Lipinski definition) is 1. The second kappa shape index (κ2) is 5.74. The van der Waals surface area contributed by atoms with Crippen LogP contribution in [0, 0.1) is 5.92 Å². The van der Waals surface area contributed by atoms with Crippen LogP contribution in [0.15, 0.2) is 30.3 Å². The molecule has 1 saturated carbocycles. The molecule has 2 rings (SSSR count). The first kappa shape index (κ1) is 14.1. The third-order valence-corrected chi connectivity index (χ3v) is 5.31. The van der Waals surface area contributed by atoms with E-state index < -0.39 is 21.6 Å². The lowest BCUT2D eigenvalue weighted by Crippen LogP contribution is -2.22. The molecule has 2 unspecified atom stereocenters. The van der Waals surface area contributed by atoms with Crippen LogP contribution in [0.25, 0.3) is 0 Å². The zero-order valence-corrected chi connectivity index (χ0v) is 11.5. The number of rotatable bonds is 5. The number of aliphatic carboxylic acids is 1. The molecule has 0 bridgehead atoms. The number of sulfone groups is 1. The Morgan fingerprint density at radius 1 is 1.21 bits per heavy atom. The van der Waals surface area contributed by atoms with Gasteiger partial charge in [-0.25, -0.2) is 8.42 Å². The summed E-state index contributed by atoms with van der Waals surface area (Å²) in [5.74, 6) is -1.51. The summed E-state index contributed by atoms with van der Waals surface area (Å²) in [7, 11) is -3.47. The van der Waals surface area contributed by atoms with E-state index in [0.29, 0.717) is 5.92 Å². The molecule has 4 nitrogen and oxygen atoms in total. The molecule has 104 valence electrons. The van der Waals surface area contributed by atoms with Crippen molar-refractivity contribution < 1.29 is 18.3 Å². The van der Waals surface area contributed by atoms with E-state index in [-0.39, 0.29) is 11.7 Å². The summed E-state index contributed by atoms with van der Waals surface area (Å²) in [5.41, 5.74) is 1.25. The minimum Gasteiger partial charge on any atom is -0.480 e. The van der Waals surface area contributed by atoms with Crippen molar-refractivity contribution in [2.75, 3.05) is 11.5 Å². The highest BCUT2D eigenvalue weighted by atomic mass is 32.2. The van der Waals surface area contributed by atoms with Crippen molar-refractivity contribution in [3.63, 3.8) is 0 Å². The van der Waals surface area contributed by atoms with Gasteiger partial charge >= 0.3 is 5.97 Å². The number of hydrogen-bond acceptors (Lipinski definition) is 3. The van der Waals surface area contributed by atoms with Crippen LogP contribution in [0.5, 0.6) is 0 Å². The third-order valence-electron chi connectivity index (χ3n) is 3.65. The van der Waals surface area contributed by atoms with Crippen molar-refractivity contribution in [3.05, 3.63) is 35.9 Å². The van der Waals surface area contributed by atoms with E-state index in [1.165, 1.54) is 5.56 Å². The van der Waals surface area contributed by atoms with E-state index in [4.69, 9.17) is 5.11 Å². The first-order valence-electron chi connectivity index (χ1n) is 6.43. The fourth-order valence-corrected chi connectivity index (χ4v) is 4.38. The van der Waals surface area contributed by atoms with Crippen LogP contribution < -0.4 is 0 Å². The van der Waals surface area contributed by atoms with Gasteiger partial charge in [-0.15, -0.1) is 0 Å². The average Bonchev–Trinajstić information content (AvgIpc) is 2.76. The molecular weight excluding hydrogens is 264 g/mol. The van der Waals surface area contributed by atoms with E-state index >= 15 is 0 Å². The van der Waals surface area contributed by atoms with E-state index in [1.807, 2.05) is 18.2 Å². The van der Waals surface area contributed by atoms with Gasteiger partial charge in [0.1, 0.15) is 5.75 Å². The Hall–Kier alpha value is -1.36. The fraction of sp³-hybridized carbons (Fsp3) is 0.500. The molecule has 1 aliphatic carbocycles. The summed E-state index contributed by atoms with van der Waals surface area (Å²) < 4.78 is 23.3. The van der Waals surface area contributed by atoms with Crippen LogP contribution in [-0.4, -0.2) is 31.0 Å². The zero-order valence-electron chi connectivity index (χ0n) is 10.7. The third kappa shape index (κ3) is 4.06. The van der Waals surface area contributed by atoms with Gasteiger partial charge in [0.05, 0.1) is 5.75 Å². The summed E-state index contributed by atoms with van der Waals surface area (Å²) in [6.07, 6.45) is 2.68. The minimum absolute atomic E-state index is 0.00261. The predicted molar refractivity (Wildman–Crippen MR) is 72.8 cm³/mol. The van der Waals surface area contributed by atoms with Crippen molar-refractivity contribution in [1.29, 1.82) is 0 Å². The van der Waals surface area contributed by atoms with Gasteiger partial charge in [0.25, 0.3) is 0 Å². The molecule has 0 aliphatic heterocycles. The van der Waals surface area contributed by atoms with Crippen LogP contribution in [0.3, 0.4) is 0 Å². The molecule has 0 spiro atoms. The largest absolute Gasteiger partial charge is 0.480 e. The number of benzene rings is 1. The highest BCUT2D eigenvalue weighted by molar-refractivity contribution is 7.92. The quantitative estimate of drug-likeness (QED) is 0.897. The fourth-order valence-electron chi connectivity index (χ4n) is 2.86. The molecule has 1 aliphatic rings. The van der Waals surface area contributed by atoms with Crippen molar-refractivity contribution in [2.45, 2.75) is 25.2 Å². The van der Waals surface area contributed by atoms with Crippen molar-refractivity contribution in [2.24, 2.45) is 5.92 Å². The maximum absolute atomic E-state index is 11.7. The Morgan fingerprint density at radius 2 is 1.89 bits per heavy atom. The Kier molecular flexibility index (Phi) is 4.24. The summed E-state index contributed by atoms with van der Waals surface area (Å²) in [5, 5.41) is 8.57. The number of carboxylic acids is 1. The molecule has 5 heteroatoms. The first-order chi connectivity index (χ1) is 8.96. The van der Waals surface area contributed by atoms with Gasteiger partial charge in [-0.1, -0.05) is 30.3 Å². The topological polar surface area (TPSA) is 71.4 Å². The summed E-state index contributed by atoms with van der Waals surface area (Å²) in [6.45, 7) is 0. The highest BCUT2D eigenvalue weighted by Crippen LogP contribution is 2.38. The van der Waals surface area contributed by atoms with E-state index in [1.54, 1.807) is 0 Å². The first-order valence-corrected chi connectivity index (χ1v) is 8.25. The zero-order chi connectivity index (χ0) is 13.9. The monoisotopic (exact) mass is 282 g/mol. The molecule has 1 fully saturated rings. The van der Waals surface area contributed by atoms with E-state index in [9.17, 15) is 13.2 Å². The lowest BCUT2D eigenvalue weighted by Gasteiger charge is -2.11. The molecule has 1 N–H and O–H groups in total. The van der Waals surface area contributed by atoms with E-state index in [2.05, 4.69) is 12.1 Å². The Balaban J connectivity index is 1.94. The lowest BCUT2D eigenvalue weighted by atomic mass is 9.97. The Morgan fingerprint density at radius 3 is 2.53 bits per heavy atom. The predicted octanol–water partition coefficient (Wildman–Crippen LogP) is 2.07. The van der Waals surface area contributed by atoms with Crippen LogP contribution in [-0.2, 0) is 14.6 Å². The molecule has 0 saturated heterocycles. The van der Waals surface area contributed by atoms with Crippen LogP contribution >= 0.6 is 0 Å². The van der Waals surface area contributed by atoms with Crippen molar-refractivity contribution in [1.82, 2.24) is 0 Å². The number of carbonyl (C=O) groups is 1. The molecule has 2 atom stereocenters. The van der Waals surface area contributed by atoms with Crippen molar-refractivity contribution in [3.8, 4) is 0 Å². The van der Waals surface area contributed by atoms with E-state index in [0.717, 1.165) is 19.3 Å². The average molecular weight is 282 g/mol. The molecule has 0 heterocycles. The number of carboxylic acid groups (broad SMARTS) is 1. The standard InChI is InChI=1S/C14H18O4S/c15-14(16)10-19(17,18)9-11-6-7-13(8-11)12-4-2-1-3-5-12/h1-5,11,13H,6-10H2,(H,15,16). The maximum atomic E-state index is 11.7. The molecule has 0 amide bonds. The SMILES string of the molecule is O=C(O)CS(=O)(=O)CC1CCC(c2ccccc2)C1. The lowest BCUT2D eigenvalue weighted by molar-refractivity contribution is -0.134. The summed E-state index contributed by atoms with van der Waals surface area (Å²) in [4.78, 5) is 10.5. The minimum atomic E-state index is -3.47. The second-order valence-corrected chi connectivity index (χ2v) is 7.34. The molecule has 1 aromatic rings. The highest BCUT2D eigenvalue weighted by Gasteiger charge is 2.30. The van der Waals surface area contributed by atoms with Gasteiger partial charge < -0.3 is 5.11 Å². The summed E-state index contributed by atoms with van der Waals surface area (Å²) >= 11 is 0. The summed E-state index contributed by atoms with van der Waals surface area (Å²) in [6, 6.07) is 10.1. The molecule has 0 aromatic heterocycles. The Labute approximate surface area is 113 Å². The van der Waals surface area contributed by atoms with Crippen LogP contribution in [0.4, 0.5) is 0 Å². The van der Waals surface area contributed by atoms with Gasteiger partial charge in [0.2, 0.25) is 0 Å². The Bertz CT molecular complexity index is 536. The van der Waals surface area contributed by atoms with Gasteiger partial charge in [-0.2, -0.15) is 0 Å². The van der Waals surface area contributed by atoms with Gasteiger partial charge in [0.15, 0.2) is 9.84 Å². The van der Waals surface area contributed by atoms with Gasteiger partial charge in [-0.3, -0.25) is 4.79 Å². The van der Waals surface area contributed by atoms with Gasteiger partial charge in [0, 0.05) is 0 Å². The molecule has 19 heavy (non-hydrogen) atoms. The smallest absolute Gasteiger partial charge is 0.318 e. The van der Waals surface area contributed by atoms with Crippen LogP contribution in [0.1, 0.15) is 30.7 Å². The van der Waals surface area contributed by atoms with Crippen molar-refractivity contribution >= 4 is 15.8 Å². The second-order valence-electron chi connectivity index (χ2n) is 5.23. The van der Waals surface area contributed by atoms with Crippen LogP contribution in [0.2, 0.25) is 0 Å². The molecular formula is C14H18O4S. The molecule has 1 aromatic carbocycles. The maximum Gasteiger partial charge on any atom is 0.318 e. The molecule has 0 radical (unpaired) electrons.